The average Bonchev–Trinajstić information content (AvgIpc) is 2.44. The molecule has 94 valence electrons. The molecule has 0 aliphatic carbocycles. The van der Waals surface area contributed by atoms with Crippen molar-refractivity contribution in [2.45, 2.75) is 58.2 Å². The van der Waals surface area contributed by atoms with Crippen molar-refractivity contribution in [3.63, 3.8) is 0 Å². The van der Waals surface area contributed by atoms with E-state index in [0.717, 1.165) is 19.4 Å². The second-order valence-corrected chi connectivity index (χ2v) is 5.53. The standard InChI is InChI=1S/C12H24N2O2/c1-9-6-7-10(8-13-5)14(9)11(15)16-12(2,3)4/h9-10,13H,6-8H2,1-5H3. The highest BCUT2D eigenvalue weighted by Gasteiger charge is 2.36. The third kappa shape index (κ3) is 3.37. The lowest BCUT2D eigenvalue weighted by Gasteiger charge is -2.31. The average molecular weight is 228 g/mol. The van der Waals surface area contributed by atoms with E-state index in [1.807, 2.05) is 32.7 Å². The highest BCUT2D eigenvalue weighted by molar-refractivity contribution is 5.69. The van der Waals surface area contributed by atoms with E-state index in [0.29, 0.717) is 0 Å². The summed E-state index contributed by atoms with van der Waals surface area (Å²) in [6.07, 6.45) is 1.94. The maximum atomic E-state index is 12.0. The van der Waals surface area contributed by atoms with Gasteiger partial charge in [-0.15, -0.1) is 0 Å². The quantitative estimate of drug-likeness (QED) is 0.786. The molecule has 1 fully saturated rings. The Kier molecular flexibility index (Phi) is 4.19. The molecule has 1 aliphatic heterocycles. The van der Waals surface area contributed by atoms with Crippen LogP contribution in [0.15, 0.2) is 0 Å². The summed E-state index contributed by atoms with van der Waals surface area (Å²) in [4.78, 5) is 13.9. The Hall–Kier alpha value is -0.770. The van der Waals surface area contributed by atoms with Crippen molar-refractivity contribution in [2.75, 3.05) is 13.6 Å². The molecule has 0 radical (unpaired) electrons. The molecule has 1 amide bonds. The Balaban J connectivity index is 2.64. The van der Waals surface area contributed by atoms with E-state index in [9.17, 15) is 4.79 Å². The number of rotatable bonds is 2. The number of amides is 1. The smallest absolute Gasteiger partial charge is 0.410 e. The van der Waals surface area contributed by atoms with E-state index < -0.39 is 5.60 Å². The van der Waals surface area contributed by atoms with Gasteiger partial charge in [0.2, 0.25) is 0 Å². The fraction of sp³-hybridized carbons (Fsp3) is 0.917. The zero-order chi connectivity index (χ0) is 12.3. The number of nitrogens with zero attached hydrogens (tertiary/aromatic N) is 1. The van der Waals surface area contributed by atoms with Crippen LogP contribution in [-0.4, -0.2) is 42.3 Å². The number of hydrogen-bond donors (Lipinski definition) is 1. The van der Waals surface area contributed by atoms with Gasteiger partial charge < -0.3 is 15.0 Å². The molecule has 1 N–H and O–H groups in total. The lowest BCUT2D eigenvalue weighted by atomic mass is 10.2. The molecular weight excluding hydrogens is 204 g/mol. The molecule has 0 saturated carbocycles. The minimum Gasteiger partial charge on any atom is -0.444 e. The lowest BCUT2D eigenvalue weighted by Crippen LogP contribution is -2.46. The molecule has 0 aromatic rings. The molecular formula is C12H24N2O2. The molecule has 1 aliphatic rings. The predicted molar refractivity (Wildman–Crippen MR) is 64.5 cm³/mol. The maximum Gasteiger partial charge on any atom is 0.410 e. The van der Waals surface area contributed by atoms with Gasteiger partial charge in [0.05, 0.1) is 0 Å². The number of nitrogens with one attached hydrogen (secondary N) is 1. The molecule has 0 spiro atoms. The van der Waals surface area contributed by atoms with Crippen LogP contribution in [0.4, 0.5) is 4.79 Å². The topological polar surface area (TPSA) is 41.6 Å². The molecule has 4 heteroatoms. The summed E-state index contributed by atoms with van der Waals surface area (Å²) in [5, 5.41) is 3.13. The van der Waals surface area contributed by atoms with Gasteiger partial charge >= 0.3 is 6.09 Å². The van der Waals surface area contributed by atoms with Crippen LogP contribution in [0.1, 0.15) is 40.5 Å². The molecule has 2 unspecified atom stereocenters. The Morgan fingerprint density at radius 2 is 2.06 bits per heavy atom. The van der Waals surface area contributed by atoms with Gasteiger partial charge in [-0.1, -0.05) is 0 Å². The number of likely N-dealkylation sites (tertiary alicyclic amines) is 1. The van der Waals surface area contributed by atoms with Crippen molar-refractivity contribution in [2.24, 2.45) is 0 Å². The van der Waals surface area contributed by atoms with E-state index in [1.165, 1.54) is 0 Å². The van der Waals surface area contributed by atoms with Gasteiger partial charge in [-0.3, -0.25) is 0 Å². The number of carbonyl (C=O) groups is 1. The van der Waals surface area contributed by atoms with Crippen LogP contribution in [0.2, 0.25) is 0 Å². The first-order valence-electron chi connectivity index (χ1n) is 6.01. The first-order chi connectivity index (χ1) is 7.35. The van der Waals surface area contributed by atoms with Gasteiger partial charge in [-0.25, -0.2) is 4.79 Å². The normalized spacial score (nSPS) is 25.9. The largest absolute Gasteiger partial charge is 0.444 e. The van der Waals surface area contributed by atoms with Crippen LogP contribution >= 0.6 is 0 Å². The number of carbonyl (C=O) groups excluding carboxylic acids is 1. The van der Waals surface area contributed by atoms with Crippen molar-refractivity contribution in [3.8, 4) is 0 Å². The van der Waals surface area contributed by atoms with Gasteiger partial charge in [0.15, 0.2) is 0 Å². The minimum atomic E-state index is -0.413. The molecule has 2 atom stereocenters. The van der Waals surface area contributed by atoms with E-state index >= 15 is 0 Å². The molecule has 1 heterocycles. The summed E-state index contributed by atoms with van der Waals surface area (Å²) in [7, 11) is 1.91. The van der Waals surface area contributed by atoms with Crippen molar-refractivity contribution < 1.29 is 9.53 Å². The van der Waals surface area contributed by atoms with Crippen molar-refractivity contribution in [3.05, 3.63) is 0 Å². The Morgan fingerprint density at radius 1 is 1.44 bits per heavy atom. The van der Waals surface area contributed by atoms with Crippen molar-refractivity contribution in [1.29, 1.82) is 0 Å². The highest BCUT2D eigenvalue weighted by atomic mass is 16.6. The van der Waals surface area contributed by atoms with E-state index in [-0.39, 0.29) is 18.2 Å². The second kappa shape index (κ2) is 5.04. The fourth-order valence-electron chi connectivity index (χ4n) is 2.15. The zero-order valence-corrected chi connectivity index (χ0v) is 11.0. The maximum absolute atomic E-state index is 12.0. The molecule has 0 bridgehead atoms. The molecule has 0 aromatic heterocycles. The first-order valence-corrected chi connectivity index (χ1v) is 6.01. The third-order valence-corrected chi connectivity index (χ3v) is 2.83. The van der Waals surface area contributed by atoms with Gasteiger partial charge in [0.25, 0.3) is 0 Å². The van der Waals surface area contributed by atoms with Gasteiger partial charge in [0.1, 0.15) is 5.60 Å². The van der Waals surface area contributed by atoms with Gasteiger partial charge in [-0.05, 0) is 47.6 Å². The fourth-order valence-corrected chi connectivity index (χ4v) is 2.15. The van der Waals surface area contributed by atoms with E-state index in [2.05, 4.69) is 12.2 Å². The molecule has 16 heavy (non-hydrogen) atoms. The molecule has 4 nitrogen and oxygen atoms in total. The molecule has 1 rings (SSSR count). The zero-order valence-electron chi connectivity index (χ0n) is 11.0. The summed E-state index contributed by atoms with van der Waals surface area (Å²) in [6.45, 7) is 8.62. The summed E-state index contributed by atoms with van der Waals surface area (Å²) in [5.41, 5.74) is -0.413. The summed E-state index contributed by atoms with van der Waals surface area (Å²) in [5.74, 6) is 0. The lowest BCUT2D eigenvalue weighted by molar-refractivity contribution is 0.0162. The monoisotopic (exact) mass is 228 g/mol. The number of ether oxygens (including phenoxy) is 1. The van der Waals surface area contributed by atoms with Crippen LogP contribution in [0.3, 0.4) is 0 Å². The summed E-state index contributed by atoms with van der Waals surface area (Å²) < 4.78 is 5.43. The predicted octanol–water partition coefficient (Wildman–Crippen LogP) is 1.99. The van der Waals surface area contributed by atoms with Crippen molar-refractivity contribution in [1.82, 2.24) is 10.2 Å². The van der Waals surface area contributed by atoms with Crippen LogP contribution < -0.4 is 5.32 Å². The Labute approximate surface area is 98.3 Å². The molecule has 1 saturated heterocycles. The third-order valence-electron chi connectivity index (χ3n) is 2.83. The Morgan fingerprint density at radius 3 is 2.56 bits per heavy atom. The van der Waals surface area contributed by atoms with Crippen LogP contribution in [0.5, 0.6) is 0 Å². The molecule has 0 aromatic carbocycles. The Bertz CT molecular complexity index is 246. The summed E-state index contributed by atoms with van der Waals surface area (Å²) >= 11 is 0. The van der Waals surface area contributed by atoms with Gasteiger partial charge in [-0.2, -0.15) is 0 Å². The number of likely N-dealkylation sites (N-methyl/N-ethyl adjacent to an activating group) is 1. The minimum absolute atomic E-state index is 0.183. The SMILES string of the molecule is CNCC1CCC(C)N1C(=O)OC(C)(C)C. The van der Waals surface area contributed by atoms with E-state index in [1.54, 1.807) is 0 Å². The number of hydrogen-bond acceptors (Lipinski definition) is 3. The first kappa shape index (κ1) is 13.3. The second-order valence-electron chi connectivity index (χ2n) is 5.53. The van der Waals surface area contributed by atoms with Crippen LogP contribution in [0.25, 0.3) is 0 Å². The highest BCUT2D eigenvalue weighted by Crippen LogP contribution is 2.25. The van der Waals surface area contributed by atoms with Crippen molar-refractivity contribution >= 4 is 6.09 Å². The van der Waals surface area contributed by atoms with Gasteiger partial charge in [0, 0.05) is 18.6 Å². The van der Waals surface area contributed by atoms with Crippen LogP contribution in [0, 0.1) is 0 Å². The van der Waals surface area contributed by atoms with Crippen LogP contribution in [-0.2, 0) is 4.74 Å². The van der Waals surface area contributed by atoms with E-state index in [4.69, 9.17) is 4.74 Å². The summed E-state index contributed by atoms with van der Waals surface area (Å²) in [6, 6.07) is 0.558.